The molecule has 0 unspecified atom stereocenters. The smallest absolute Gasteiger partial charge is 0.0306 e. The van der Waals surface area contributed by atoms with Crippen LogP contribution in [-0.2, 0) is 0 Å². The average Bonchev–Trinajstić information content (AvgIpc) is 2.19. The fourth-order valence-corrected chi connectivity index (χ4v) is 1.39. The molecule has 0 saturated carbocycles. The monoisotopic (exact) mass is 145 g/mol. The van der Waals surface area contributed by atoms with Gasteiger partial charge in [-0.2, -0.15) is 0 Å². The molecule has 0 aromatic carbocycles. The zero-order chi connectivity index (χ0) is 5.82. The summed E-state index contributed by atoms with van der Waals surface area (Å²) in [4.78, 5) is 1.25. The highest BCUT2D eigenvalue weighted by Crippen LogP contribution is 2.10. The first-order valence-electron chi connectivity index (χ1n) is 2.36. The number of rotatable bonds is 2. The van der Waals surface area contributed by atoms with E-state index in [4.69, 9.17) is 11.6 Å². The van der Waals surface area contributed by atoms with Crippen LogP contribution in [0, 0.1) is 6.42 Å². The van der Waals surface area contributed by atoms with Crippen LogP contribution in [0.3, 0.4) is 0 Å². The lowest BCUT2D eigenvalue weighted by molar-refractivity contribution is 1.52. The van der Waals surface area contributed by atoms with Crippen molar-refractivity contribution in [2.45, 2.75) is 0 Å². The van der Waals surface area contributed by atoms with Gasteiger partial charge in [0.2, 0.25) is 0 Å². The summed E-state index contributed by atoms with van der Waals surface area (Å²) in [5, 5.41) is 2.04. The molecule has 0 N–H and O–H groups in total. The third-order valence-corrected chi connectivity index (χ3v) is 1.84. The lowest BCUT2D eigenvalue weighted by Gasteiger charge is -1.83. The van der Waals surface area contributed by atoms with E-state index in [1.165, 1.54) is 4.88 Å². The lowest BCUT2D eigenvalue weighted by Crippen LogP contribution is -1.72. The van der Waals surface area contributed by atoms with Crippen LogP contribution in [0.2, 0.25) is 0 Å². The van der Waals surface area contributed by atoms with Crippen molar-refractivity contribution in [1.29, 1.82) is 0 Å². The largest absolute Gasteiger partial charge is 0.149 e. The van der Waals surface area contributed by atoms with Gasteiger partial charge in [0.05, 0.1) is 0 Å². The predicted molar refractivity (Wildman–Crippen MR) is 38.4 cm³/mol. The van der Waals surface area contributed by atoms with Gasteiger partial charge in [-0.1, -0.05) is 6.07 Å². The second-order valence-electron chi connectivity index (χ2n) is 1.37. The highest BCUT2D eigenvalue weighted by Gasteiger charge is 1.88. The van der Waals surface area contributed by atoms with Gasteiger partial charge in [-0.05, 0) is 11.4 Å². The number of alkyl halides is 1. The van der Waals surface area contributed by atoms with Crippen LogP contribution in [0.1, 0.15) is 4.88 Å². The Morgan fingerprint density at radius 3 is 3.12 bits per heavy atom. The molecule has 1 rings (SSSR count). The van der Waals surface area contributed by atoms with Crippen molar-refractivity contribution in [3.63, 3.8) is 0 Å². The Bertz CT molecular complexity index is 134. The Morgan fingerprint density at radius 2 is 2.62 bits per heavy atom. The highest BCUT2D eigenvalue weighted by molar-refractivity contribution is 7.10. The lowest BCUT2D eigenvalue weighted by atomic mass is 10.4. The zero-order valence-corrected chi connectivity index (χ0v) is 5.88. The van der Waals surface area contributed by atoms with Gasteiger partial charge in [0, 0.05) is 17.2 Å². The molecule has 43 valence electrons. The summed E-state index contributed by atoms with van der Waals surface area (Å²) in [6, 6.07) is 4.07. The maximum Gasteiger partial charge on any atom is 0.0306 e. The molecule has 0 saturated heterocycles. The van der Waals surface area contributed by atoms with Gasteiger partial charge < -0.3 is 0 Å². The second kappa shape index (κ2) is 3.10. The Hall–Kier alpha value is -0.0100. The van der Waals surface area contributed by atoms with Crippen LogP contribution in [-0.4, -0.2) is 5.88 Å². The van der Waals surface area contributed by atoms with E-state index in [0.717, 1.165) is 0 Å². The van der Waals surface area contributed by atoms with Crippen LogP contribution < -0.4 is 0 Å². The van der Waals surface area contributed by atoms with Crippen LogP contribution in [0.5, 0.6) is 0 Å². The minimum Gasteiger partial charge on any atom is -0.149 e. The van der Waals surface area contributed by atoms with Gasteiger partial charge >= 0.3 is 0 Å². The molecule has 1 heterocycles. The van der Waals surface area contributed by atoms with Crippen LogP contribution in [0.25, 0.3) is 0 Å². The summed E-state index contributed by atoms with van der Waals surface area (Å²) in [5.74, 6) is 0.612. The Balaban J connectivity index is 2.50. The highest BCUT2D eigenvalue weighted by atomic mass is 35.5. The molecule has 2 heteroatoms. The van der Waals surface area contributed by atoms with Crippen molar-refractivity contribution in [3.05, 3.63) is 28.8 Å². The first kappa shape index (κ1) is 6.12. The number of thiophene rings is 1. The molecule has 8 heavy (non-hydrogen) atoms. The van der Waals surface area contributed by atoms with Crippen molar-refractivity contribution in [1.82, 2.24) is 0 Å². The molecule has 0 aliphatic carbocycles. The molecule has 0 bridgehead atoms. The van der Waals surface area contributed by atoms with Crippen molar-refractivity contribution < 1.29 is 0 Å². The molecule has 0 fully saturated rings. The molecule has 1 radical (unpaired) electrons. The van der Waals surface area contributed by atoms with Crippen molar-refractivity contribution >= 4 is 22.9 Å². The first-order chi connectivity index (χ1) is 3.93. The maximum atomic E-state index is 5.44. The molecule has 0 amide bonds. The average molecular weight is 146 g/mol. The van der Waals surface area contributed by atoms with Crippen LogP contribution >= 0.6 is 22.9 Å². The Kier molecular flexibility index (Phi) is 2.37. The third kappa shape index (κ3) is 1.49. The zero-order valence-electron chi connectivity index (χ0n) is 4.30. The quantitative estimate of drug-likeness (QED) is 0.561. The van der Waals surface area contributed by atoms with Crippen molar-refractivity contribution in [2.24, 2.45) is 0 Å². The van der Waals surface area contributed by atoms with E-state index in [0.29, 0.717) is 5.88 Å². The second-order valence-corrected chi connectivity index (χ2v) is 2.66. The van der Waals surface area contributed by atoms with E-state index in [2.05, 4.69) is 0 Å². The van der Waals surface area contributed by atoms with Gasteiger partial charge in [-0.3, -0.25) is 0 Å². The van der Waals surface area contributed by atoms with Crippen molar-refractivity contribution in [2.75, 3.05) is 5.88 Å². The number of hydrogen-bond acceptors (Lipinski definition) is 1. The van der Waals surface area contributed by atoms with Gasteiger partial charge in [0.1, 0.15) is 0 Å². The summed E-state index contributed by atoms with van der Waals surface area (Å²) in [7, 11) is 0. The minimum atomic E-state index is 0.612. The molecule has 0 spiro atoms. The van der Waals surface area contributed by atoms with Gasteiger partial charge in [-0.25, -0.2) is 0 Å². The van der Waals surface area contributed by atoms with Crippen LogP contribution in [0.15, 0.2) is 17.5 Å². The predicted octanol–water partition coefficient (Wildman–Crippen LogP) is 2.54. The molecule has 1 aromatic heterocycles. The van der Waals surface area contributed by atoms with E-state index in [1.807, 2.05) is 23.9 Å². The molecular weight excluding hydrogens is 140 g/mol. The summed E-state index contributed by atoms with van der Waals surface area (Å²) >= 11 is 7.15. The van der Waals surface area contributed by atoms with Crippen molar-refractivity contribution in [3.8, 4) is 0 Å². The standard InChI is InChI=1S/C6H6ClS/c7-4-3-6-2-1-5-8-6/h1-3,5H,4H2. The SMILES string of the molecule is ClC[CH]c1cccs1. The van der Waals surface area contributed by atoms with E-state index in [-0.39, 0.29) is 0 Å². The fourth-order valence-electron chi connectivity index (χ4n) is 0.483. The third-order valence-electron chi connectivity index (χ3n) is 0.822. The molecule has 1 aromatic rings. The topological polar surface area (TPSA) is 0 Å². The number of halogens is 1. The number of hydrogen-bond donors (Lipinski definition) is 0. The molecule has 0 aliphatic heterocycles. The summed E-state index contributed by atoms with van der Waals surface area (Å²) in [6.45, 7) is 0. The molecule has 0 aliphatic rings. The first-order valence-corrected chi connectivity index (χ1v) is 3.77. The van der Waals surface area contributed by atoms with Crippen LogP contribution in [0.4, 0.5) is 0 Å². The molecular formula is C6H6ClS. The normalized spacial score (nSPS) is 9.62. The summed E-state index contributed by atoms with van der Waals surface area (Å²) in [6.07, 6.45) is 1.99. The van der Waals surface area contributed by atoms with E-state index in [1.54, 1.807) is 11.3 Å². The van der Waals surface area contributed by atoms with E-state index < -0.39 is 0 Å². The fraction of sp³-hybridized carbons (Fsp3) is 0.167. The van der Waals surface area contributed by atoms with Gasteiger partial charge in [-0.15, -0.1) is 22.9 Å². The van der Waals surface area contributed by atoms with E-state index >= 15 is 0 Å². The minimum absolute atomic E-state index is 0.612. The molecule has 0 atom stereocenters. The Labute approximate surface area is 58.1 Å². The van der Waals surface area contributed by atoms with Gasteiger partial charge in [0.15, 0.2) is 0 Å². The Morgan fingerprint density at radius 1 is 1.75 bits per heavy atom. The molecule has 0 nitrogen and oxygen atoms in total. The van der Waals surface area contributed by atoms with E-state index in [9.17, 15) is 0 Å². The maximum absolute atomic E-state index is 5.44. The van der Waals surface area contributed by atoms with Gasteiger partial charge in [0.25, 0.3) is 0 Å². The summed E-state index contributed by atoms with van der Waals surface area (Å²) in [5.41, 5.74) is 0. The summed E-state index contributed by atoms with van der Waals surface area (Å²) < 4.78 is 0.